The van der Waals surface area contributed by atoms with Gasteiger partial charge in [-0.25, -0.2) is 9.97 Å². The van der Waals surface area contributed by atoms with Crippen LogP contribution >= 0.6 is 0 Å². The summed E-state index contributed by atoms with van der Waals surface area (Å²) in [6, 6.07) is 7.45. The first-order chi connectivity index (χ1) is 9.08. The molecule has 3 aromatic rings. The second-order valence-electron chi connectivity index (χ2n) is 4.77. The van der Waals surface area contributed by atoms with Crippen molar-refractivity contribution in [2.24, 2.45) is 7.05 Å². The molecule has 4 nitrogen and oxygen atoms in total. The molecule has 0 bridgehead atoms. The second kappa shape index (κ2) is 4.09. The van der Waals surface area contributed by atoms with Crippen LogP contribution in [0, 0.1) is 13.8 Å². The molecule has 0 unspecified atom stereocenters. The van der Waals surface area contributed by atoms with Crippen molar-refractivity contribution in [3.63, 3.8) is 0 Å². The number of hydrogen-bond acceptors (Lipinski definition) is 3. The van der Waals surface area contributed by atoms with E-state index in [4.69, 9.17) is 0 Å². The number of phenols is 1. The third-order valence-electron chi connectivity index (χ3n) is 3.41. The summed E-state index contributed by atoms with van der Waals surface area (Å²) in [5.74, 6) is 1.09. The molecule has 3 rings (SSSR count). The van der Waals surface area contributed by atoms with Crippen molar-refractivity contribution in [2.75, 3.05) is 0 Å². The van der Waals surface area contributed by atoms with Crippen LogP contribution in [0.3, 0.4) is 0 Å². The van der Waals surface area contributed by atoms with Crippen LogP contribution in [0.5, 0.6) is 5.75 Å². The van der Waals surface area contributed by atoms with E-state index in [1.165, 1.54) is 0 Å². The fourth-order valence-corrected chi connectivity index (χ4v) is 2.29. The molecule has 2 heterocycles. The Balaban J connectivity index is 2.41. The number of benzene rings is 1. The van der Waals surface area contributed by atoms with Gasteiger partial charge in [0.05, 0.1) is 0 Å². The maximum atomic E-state index is 9.95. The van der Waals surface area contributed by atoms with E-state index >= 15 is 0 Å². The molecule has 96 valence electrons. The van der Waals surface area contributed by atoms with E-state index < -0.39 is 0 Å². The Kier molecular flexibility index (Phi) is 2.52. The Morgan fingerprint density at radius 2 is 2.00 bits per heavy atom. The van der Waals surface area contributed by atoms with Crippen LogP contribution in [0.15, 0.2) is 30.5 Å². The molecule has 0 amide bonds. The number of phenolic OH excluding ortho intramolecular Hbond substituents is 1. The van der Waals surface area contributed by atoms with Crippen LogP contribution in [-0.2, 0) is 7.05 Å². The maximum Gasteiger partial charge on any atom is 0.141 e. The molecule has 0 saturated heterocycles. The highest BCUT2D eigenvalue weighted by atomic mass is 16.3. The van der Waals surface area contributed by atoms with Crippen LogP contribution in [0.4, 0.5) is 0 Å². The molecule has 0 aliphatic carbocycles. The van der Waals surface area contributed by atoms with Gasteiger partial charge in [0.15, 0.2) is 0 Å². The number of imidazole rings is 1. The van der Waals surface area contributed by atoms with Gasteiger partial charge >= 0.3 is 0 Å². The Morgan fingerprint density at radius 3 is 2.68 bits per heavy atom. The molecule has 0 atom stereocenters. The number of aromatic hydroxyl groups is 1. The van der Waals surface area contributed by atoms with Gasteiger partial charge in [0.25, 0.3) is 0 Å². The summed E-state index contributed by atoms with van der Waals surface area (Å²) in [5, 5.41) is 10.9. The van der Waals surface area contributed by atoms with E-state index in [9.17, 15) is 5.11 Å². The van der Waals surface area contributed by atoms with Crippen LogP contribution in [0.25, 0.3) is 22.3 Å². The molecule has 0 saturated carbocycles. The fourth-order valence-electron chi connectivity index (χ4n) is 2.29. The predicted octanol–water partition coefficient (Wildman–Crippen LogP) is 2.96. The second-order valence-corrected chi connectivity index (χ2v) is 4.77. The van der Waals surface area contributed by atoms with Gasteiger partial charge in [-0.1, -0.05) is 12.1 Å². The highest BCUT2D eigenvalue weighted by Gasteiger charge is 2.13. The summed E-state index contributed by atoms with van der Waals surface area (Å²) in [7, 11) is 1.99. The van der Waals surface area contributed by atoms with E-state index in [0.29, 0.717) is 5.52 Å². The van der Waals surface area contributed by atoms with E-state index in [0.717, 1.165) is 28.2 Å². The summed E-state index contributed by atoms with van der Waals surface area (Å²) < 4.78 is 2.04. The highest BCUT2D eigenvalue weighted by Crippen LogP contribution is 2.31. The van der Waals surface area contributed by atoms with Gasteiger partial charge in [0.2, 0.25) is 0 Å². The van der Waals surface area contributed by atoms with Gasteiger partial charge in [-0.15, -0.1) is 0 Å². The summed E-state index contributed by atoms with van der Waals surface area (Å²) >= 11 is 0. The van der Waals surface area contributed by atoms with Crippen molar-refractivity contribution in [3.8, 4) is 17.1 Å². The lowest BCUT2D eigenvalue weighted by atomic mass is 10.1. The molecule has 2 aromatic heterocycles. The van der Waals surface area contributed by atoms with Gasteiger partial charge < -0.3 is 9.67 Å². The van der Waals surface area contributed by atoms with Crippen molar-refractivity contribution >= 4 is 10.9 Å². The zero-order valence-electron chi connectivity index (χ0n) is 11.2. The number of pyridine rings is 1. The average molecular weight is 253 g/mol. The first-order valence-corrected chi connectivity index (χ1v) is 6.16. The van der Waals surface area contributed by atoms with Crippen molar-refractivity contribution in [1.29, 1.82) is 0 Å². The summed E-state index contributed by atoms with van der Waals surface area (Å²) in [5.41, 5.74) is 3.58. The highest BCUT2D eigenvalue weighted by molar-refractivity contribution is 5.96. The quantitative estimate of drug-likeness (QED) is 0.725. The number of aryl methyl sites for hydroxylation is 2. The molecule has 0 aliphatic rings. The minimum Gasteiger partial charge on any atom is -0.506 e. The van der Waals surface area contributed by atoms with Crippen molar-refractivity contribution in [1.82, 2.24) is 14.5 Å². The third-order valence-corrected chi connectivity index (χ3v) is 3.41. The van der Waals surface area contributed by atoms with Crippen molar-refractivity contribution in [2.45, 2.75) is 13.8 Å². The zero-order valence-corrected chi connectivity index (χ0v) is 11.2. The van der Waals surface area contributed by atoms with Gasteiger partial charge in [0, 0.05) is 35.6 Å². The smallest absolute Gasteiger partial charge is 0.141 e. The van der Waals surface area contributed by atoms with Gasteiger partial charge in [-0.05, 0) is 26.0 Å². The van der Waals surface area contributed by atoms with E-state index in [1.807, 2.05) is 49.9 Å². The van der Waals surface area contributed by atoms with Crippen molar-refractivity contribution in [3.05, 3.63) is 41.9 Å². The normalized spacial score (nSPS) is 11.1. The number of aromatic nitrogens is 3. The van der Waals surface area contributed by atoms with Gasteiger partial charge in [-0.3, -0.25) is 0 Å². The average Bonchev–Trinajstić information content (AvgIpc) is 2.70. The lowest BCUT2D eigenvalue weighted by Crippen LogP contribution is -1.97. The number of nitrogens with zero attached hydrogens (tertiary/aromatic N) is 3. The molecule has 0 radical (unpaired) electrons. The van der Waals surface area contributed by atoms with Crippen LogP contribution < -0.4 is 0 Å². The number of para-hydroxylation sites is 1. The molecule has 1 N–H and O–H groups in total. The predicted molar refractivity (Wildman–Crippen MR) is 75.1 cm³/mol. The minimum absolute atomic E-state index is 0.202. The van der Waals surface area contributed by atoms with E-state index in [-0.39, 0.29) is 5.75 Å². The Bertz CT molecular complexity index is 774. The van der Waals surface area contributed by atoms with E-state index in [2.05, 4.69) is 9.97 Å². The minimum atomic E-state index is 0.202. The largest absolute Gasteiger partial charge is 0.506 e. The van der Waals surface area contributed by atoms with E-state index in [1.54, 1.807) is 6.07 Å². The van der Waals surface area contributed by atoms with Gasteiger partial charge in [-0.2, -0.15) is 0 Å². The Labute approximate surface area is 111 Å². The lowest BCUT2D eigenvalue weighted by molar-refractivity contribution is 0.480. The molecule has 4 heteroatoms. The van der Waals surface area contributed by atoms with Crippen LogP contribution in [-0.4, -0.2) is 19.6 Å². The Morgan fingerprint density at radius 1 is 1.21 bits per heavy atom. The fraction of sp³-hybridized carbons (Fsp3) is 0.200. The summed E-state index contributed by atoms with van der Waals surface area (Å²) in [6.07, 6.45) is 1.85. The number of rotatable bonds is 1. The SMILES string of the molecule is Cc1cc(-c2ncc(C)n2C)c2cccc(O)c2n1. The van der Waals surface area contributed by atoms with Crippen LogP contribution in [0.2, 0.25) is 0 Å². The van der Waals surface area contributed by atoms with Gasteiger partial charge in [0.1, 0.15) is 17.1 Å². The Hall–Kier alpha value is -2.36. The first kappa shape index (κ1) is 11.7. The summed E-state index contributed by atoms with van der Waals surface area (Å²) in [4.78, 5) is 8.87. The molecule has 0 fully saturated rings. The lowest BCUT2D eigenvalue weighted by Gasteiger charge is -2.09. The molecular formula is C15H15N3O. The molecular weight excluding hydrogens is 238 g/mol. The topological polar surface area (TPSA) is 50.9 Å². The first-order valence-electron chi connectivity index (χ1n) is 6.16. The third kappa shape index (κ3) is 1.76. The van der Waals surface area contributed by atoms with Crippen LogP contribution in [0.1, 0.15) is 11.4 Å². The summed E-state index contributed by atoms with van der Waals surface area (Å²) in [6.45, 7) is 3.94. The molecule has 0 spiro atoms. The zero-order chi connectivity index (χ0) is 13.6. The number of fused-ring (bicyclic) bond motifs is 1. The maximum absolute atomic E-state index is 9.95. The van der Waals surface area contributed by atoms with Crippen molar-refractivity contribution < 1.29 is 5.11 Å². The molecule has 1 aromatic carbocycles. The molecule has 0 aliphatic heterocycles. The molecule has 19 heavy (non-hydrogen) atoms. The number of hydrogen-bond donors (Lipinski definition) is 1. The monoisotopic (exact) mass is 253 g/mol. The standard InChI is InChI=1S/C15H15N3O/c1-9-7-12(15-16-8-10(2)18(15)3)11-5-4-6-13(19)14(11)17-9/h4-8,19H,1-3H3.